The molecule has 7 heteroatoms. The van der Waals surface area contributed by atoms with Crippen molar-refractivity contribution in [1.82, 2.24) is 4.72 Å². The Morgan fingerprint density at radius 3 is 2.50 bits per heavy atom. The smallest absolute Gasteiger partial charge is 0.244 e. The molecule has 5 nitrogen and oxygen atoms in total. The summed E-state index contributed by atoms with van der Waals surface area (Å²) < 4.78 is 34.0. The number of ether oxygens (including phenoxy) is 1. The Balaban J connectivity index is 2.97. The summed E-state index contributed by atoms with van der Waals surface area (Å²) in [5.41, 5.74) is -0.135. The highest BCUT2D eigenvalue weighted by atomic mass is 79.9. The summed E-state index contributed by atoms with van der Waals surface area (Å²) in [4.78, 5) is 1.44. The lowest BCUT2D eigenvalue weighted by Crippen LogP contribution is -3.07. The van der Waals surface area contributed by atoms with Gasteiger partial charge in [0.25, 0.3) is 0 Å². The molecule has 0 aliphatic carbocycles. The first-order chi connectivity index (χ1) is 10.1. The second kappa shape index (κ2) is 7.77. The third-order valence-corrected chi connectivity index (χ3v) is 4.98. The van der Waals surface area contributed by atoms with E-state index in [1.807, 2.05) is 20.8 Å². The zero-order valence-corrected chi connectivity index (χ0v) is 16.3. The van der Waals surface area contributed by atoms with Gasteiger partial charge in [0.05, 0.1) is 27.2 Å². The van der Waals surface area contributed by atoms with E-state index in [1.165, 1.54) is 4.90 Å². The predicted octanol–water partition coefficient (Wildman–Crippen LogP) is 1.30. The standard InChI is InChI=1S/C15H25BrN2O3S/c1-6-21-13-8-7-12(16)9-14(13)22(19,20)17-10-15(2,3)11-18(4)5/h7-9,17H,6,10-11H2,1-5H3/p+1. The van der Waals surface area contributed by atoms with Crippen LogP contribution in [0.2, 0.25) is 0 Å². The first kappa shape index (κ1) is 19.4. The van der Waals surface area contributed by atoms with Gasteiger partial charge in [-0.15, -0.1) is 0 Å². The largest absolute Gasteiger partial charge is 0.492 e. The molecule has 126 valence electrons. The van der Waals surface area contributed by atoms with Crippen LogP contribution in [0.5, 0.6) is 5.75 Å². The summed E-state index contributed by atoms with van der Waals surface area (Å²) in [6.45, 7) is 7.58. The van der Waals surface area contributed by atoms with E-state index < -0.39 is 10.0 Å². The fourth-order valence-electron chi connectivity index (χ4n) is 2.35. The topological polar surface area (TPSA) is 59.8 Å². The van der Waals surface area contributed by atoms with Crippen LogP contribution in [0.15, 0.2) is 27.6 Å². The number of benzene rings is 1. The Morgan fingerprint density at radius 2 is 1.95 bits per heavy atom. The van der Waals surface area contributed by atoms with Gasteiger partial charge in [-0.25, -0.2) is 13.1 Å². The van der Waals surface area contributed by atoms with Gasteiger partial charge >= 0.3 is 0 Å². The molecule has 22 heavy (non-hydrogen) atoms. The van der Waals surface area contributed by atoms with E-state index in [0.717, 1.165) is 6.54 Å². The van der Waals surface area contributed by atoms with E-state index in [-0.39, 0.29) is 10.3 Å². The minimum Gasteiger partial charge on any atom is -0.492 e. The maximum absolute atomic E-state index is 12.6. The van der Waals surface area contributed by atoms with Gasteiger partial charge in [-0.2, -0.15) is 0 Å². The summed E-state index contributed by atoms with van der Waals surface area (Å²) in [5, 5.41) is 0. The minimum absolute atomic E-state index is 0.135. The maximum Gasteiger partial charge on any atom is 0.244 e. The molecule has 0 saturated carbocycles. The molecule has 1 aromatic rings. The molecule has 0 aliphatic heterocycles. The number of quaternary nitrogens is 1. The van der Waals surface area contributed by atoms with E-state index >= 15 is 0 Å². The van der Waals surface area contributed by atoms with Crippen LogP contribution in [0.4, 0.5) is 0 Å². The van der Waals surface area contributed by atoms with Crippen LogP contribution in [-0.4, -0.2) is 42.2 Å². The van der Waals surface area contributed by atoms with Crippen molar-refractivity contribution in [3.63, 3.8) is 0 Å². The van der Waals surface area contributed by atoms with Crippen molar-refractivity contribution in [2.45, 2.75) is 25.7 Å². The van der Waals surface area contributed by atoms with Crippen molar-refractivity contribution in [1.29, 1.82) is 0 Å². The van der Waals surface area contributed by atoms with Crippen molar-refractivity contribution in [2.75, 3.05) is 33.8 Å². The van der Waals surface area contributed by atoms with Crippen LogP contribution in [-0.2, 0) is 10.0 Å². The summed E-state index contributed by atoms with van der Waals surface area (Å²) in [6.07, 6.45) is 0. The van der Waals surface area contributed by atoms with Crippen molar-refractivity contribution in [3.05, 3.63) is 22.7 Å². The van der Waals surface area contributed by atoms with E-state index in [1.54, 1.807) is 18.2 Å². The van der Waals surface area contributed by atoms with Gasteiger partial charge in [0, 0.05) is 16.4 Å². The Labute approximate surface area is 142 Å². The molecule has 1 aromatic carbocycles. The highest BCUT2D eigenvalue weighted by Gasteiger charge is 2.26. The first-order valence-corrected chi connectivity index (χ1v) is 9.56. The number of nitrogens with one attached hydrogen (secondary N) is 2. The Bertz CT molecular complexity index is 601. The van der Waals surface area contributed by atoms with E-state index in [2.05, 4.69) is 34.7 Å². The van der Waals surface area contributed by atoms with E-state index in [4.69, 9.17) is 4.74 Å². The average molecular weight is 394 g/mol. The van der Waals surface area contributed by atoms with E-state index in [0.29, 0.717) is 23.4 Å². The molecule has 0 amide bonds. The fourth-order valence-corrected chi connectivity index (χ4v) is 4.28. The number of rotatable bonds is 8. The van der Waals surface area contributed by atoms with Crippen LogP contribution in [0.1, 0.15) is 20.8 Å². The molecule has 0 radical (unpaired) electrons. The van der Waals surface area contributed by atoms with Gasteiger partial charge in [0.15, 0.2) is 0 Å². The Hall–Kier alpha value is -0.630. The molecular weight excluding hydrogens is 368 g/mol. The molecule has 1 rings (SSSR count). The molecule has 0 aromatic heterocycles. The lowest BCUT2D eigenvalue weighted by atomic mass is 9.93. The predicted molar refractivity (Wildman–Crippen MR) is 92.0 cm³/mol. The average Bonchev–Trinajstić information content (AvgIpc) is 2.38. The number of hydrogen-bond acceptors (Lipinski definition) is 3. The molecule has 0 atom stereocenters. The first-order valence-electron chi connectivity index (χ1n) is 7.28. The fraction of sp³-hybridized carbons (Fsp3) is 0.600. The Kier molecular flexibility index (Phi) is 6.85. The molecule has 0 fully saturated rings. The lowest BCUT2D eigenvalue weighted by Gasteiger charge is -2.26. The molecule has 0 unspecified atom stereocenters. The third kappa shape index (κ3) is 5.87. The van der Waals surface area contributed by atoms with E-state index in [9.17, 15) is 8.42 Å². The van der Waals surface area contributed by atoms with Crippen molar-refractivity contribution >= 4 is 26.0 Å². The Morgan fingerprint density at radius 1 is 1.32 bits per heavy atom. The SMILES string of the molecule is CCOc1ccc(Br)cc1S(=O)(=O)NCC(C)(C)C[NH+](C)C. The van der Waals surface area contributed by atoms with Crippen molar-refractivity contribution in [3.8, 4) is 5.75 Å². The summed E-state index contributed by atoms with van der Waals surface area (Å²) in [6, 6.07) is 5.00. The van der Waals surface area contributed by atoms with Gasteiger partial charge in [-0.05, 0) is 25.1 Å². The molecule has 0 spiro atoms. The van der Waals surface area contributed by atoms with Gasteiger partial charge in [0.2, 0.25) is 10.0 Å². The summed E-state index contributed by atoms with van der Waals surface area (Å²) in [5.74, 6) is 0.370. The van der Waals surface area contributed by atoms with Crippen LogP contribution in [0.25, 0.3) is 0 Å². The monoisotopic (exact) mass is 393 g/mol. The van der Waals surface area contributed by atoms with Crippen LogP contribution in [0, 0.1) is 5.41 Å². The van der Waals surface area contributed by atoms with Crippen LogP contribution < -0.4 is 14.4 Å². The van der Waals surface area contributed by atoms with Gasteiger partial charge < -0.3 is 9.64 Å². The number of halogens is 1. The van der Waals surface area contributed by atoms with Crippen molar-refractivity contribution < 1.29 is 18.1 Å². The van der Waals surface area contributed by atoms with Crippen LogP contribution in [0.3, 0.4) is 0 Å². The quantitative estimate of drug-likeness (QED) is 0.699. The van der Waals surface area contributed by atoms with Crippen molar-refractivity contribution in [2.24, 2.45) is 5.41 Å². The molecule has 0 bridgehead atoms. The molecule has 0 heterocycles. The van der Waals surface area contributed by atoms with Crippen LogP contribution >= 0.6 is 15.9 Å². The number of sulfonamides is 1. The summed E-state index contributed by atoms with van der Waals surface area (Å²) in [7, 11) is 0.488. The second-order valence-electron chi connectivity index (χ2n) is 6.40. The normalized spacial score (nSPS) is 12.7. The molecular formula is C15H26BrN2O3S+. The second-order valence-corrected chi connectivity index (χ2v) is 9.05. The minimum atomic E-state index is -3.62. The molecule has 2 N–H and O–H groups in total. The highest BCUT2D eigenvalue weighted by Crippen LogP contribution is 2.27. The summed E-state index contributed by atoms with van der Waals surface area (Å²) >= 11 is 3.31. The zero-order chi connectivity index (χ0) is 17.0. The number of hydrogen-bond donors (Lipinski definition) is 2. The lowest BCUT2D eigenvalue weighted by molar-refractivity contribution is -0.865. The van der Waals surface area contributed by atoms with Gasteiger partial charge in [-0.3, -0.25) is 0 Å². The van der Waals surface area contributed by atoms with Gasteiger partial charge in [0.1, 0.15) is 10.6 Å². The molecule has 0 saturated heterocycles. The third-order valence-electron chi connectivity index (χ3n) is 3.07. The zero-order valence-electron chi connectivity index (χ0n) is 13.9. The molecule has 0 aliphatic rings. The highest BCUT2D eigenvalue weighted by molar-refractivity contribution is 9.10. The maximum atomic E-state index is 12.6. The van der Waals surface area contributed by atoms with Gasteiger partial charge in [-0.1, -0.05) is 29.8 Å².